The normalized spacial score (nSPS) is 22.4. The Kier molecular flexibility index (Phi) is 4.59. The molecule has 5 heterocycles. The minimum atomic E-state index is -1.28. The first kappa shape index (κ1) is 22.3. The van der Waals surface area contributed by atoms with Gasteiger partial charge in [-0.3, -0.25) is 13.9 Å². The number of carbonyl (C=O) groups is 1. The van der Waals surface area contributed by atoms with Crippen LogP contribution in [0.15, 0.2) is 36.7 Å². The molecule has 3 aliphatic rings. The molecule has 0 atom stereocenters. The van der Waals surface area contributed by atoms with Crippen LogP contribution >= 0.6 is 0 Å². The van der Waals surface area contributed by atoms with Crippen molar-refractivity contribution in [3.05, 3.63) is 65.5 Å². The molecule has 182 valence electrons. The number of nitrogens with one attached hydrogen (secondary N) is 1. The summed E-state index contributed by atoms with van der Waals surface area (Å²) in [6, 6.07) is 7.04. The summed E-state index contributed by atoms with van der Waals surface area (Å²) >= 11 is 0. The van der Waals surface area contributed by atoms with Gasteiger partial charge in [0.15, 0.2) is 17.3 Å². The number of pyridine rings is 1. The summed E-state index contributed by atoms with van der Waals surface area (Å²) in [6.07, 6.45) is 4.25. The Hall–Kier alpha value is -4.17. The fourth-order valence-electron chi connectivity index (χ4n) is 5.45. The number of hydrogen-bond donors (Lipinski definition) is 1. The monoisotopic (exact) mass is 492 g/mol. The Bertz CT molecular complexity index is 1630. The van der Waals surface area contributed by atoms with Crippen LogP contribution in [0.2, 0.25) is 0 Å². The topological polar surface area (TPSA) is 97.2 Å². The average molecular weight is 492 g/mol. The summed E-state index contributed by atoms with van der Waals surface area (Å²) in [4.78, 5) is 17.3. The third-order valence-electron chi connectivity index (χ3n) is 6.90. The number of ether oxygens (including phenoxy) is 1. The number of carbonyl (C=O) groups excluding carboxylic acids is 1. The first-order valence-electron chi connectivity index (χ1n) is 11.2. The molecule has 1 saturated carbocycles. The first-order chi connectivity index (χ1) is 17.1. The van der Waals surface area contributed by atoms with Crippen LogP contribution in [0.25, 0.3) is 28.0 Å². The van der Waals surface area contributed by atoms with E-state index in [2.05, 4.69) is 15.4 Å². The predicted octanol–water partition coefficient (Wildman–Crippen LogP) is 3.74. The van der Waals surface area contributed by atoms with Crippen LogP contribution in [0, 0.1) is 28.9 Å². The third-order valence-corrected chi connectivity index (χ3v) is 6.90. The smallest absolute Gasteiger partial charge is 0.251 e. The van der Waals surface area contributed by atoms with Gasteiger partial charge in [-0.15, -0.1) is 5.10 Å². The van der Waals surface area contributed by atoms with E-state index in [0.717, 1.165) is 18.9 Å². The molecule has 0 unspecified atom stereocenters. The number of aryl methyl sites for hydroxylation is 1. The van der Waals surface area contributed by atoms with E-state index in [1.165, 1.54) is 46.7 Å². The molecule has 8 nitrogen and oxygen atoms in total. The lowest BCUT2D eigenvalue weighted by Crippen LogP contribution is -2.58. The zero-order valence-corrected chi connectivity index (χ0v) is 19.3. The number of benzene rings is 1. The van der Waals surface area contributed by atoms with Crippen LogP contribution < -0.4 is 5.32 Å². The average Bonchev–Trinajstić information content (AvgIpc) is 3.54. The van der Waals surface area contributed by atoms with Gasteiger partial charge in [-0.25, -0.2) is 13.8 Å². The molecular weight excluding hydrogens is 473 g/mol. The first-order valence-corrected chi connectivity index (χ1v) is 11.2. The van der Waals surface area contributed by atoms with E-state index in [-0.39, 0.29) is 50.8 Å². The van der Waals surface area contributed by atoms with E-state index < -0.39 is 23.1 Å². The van der Waals surface area contributed by atoms with E-state index in [9.17, 15) is 18.8 Å². The molecule has 7 rings (SSSR count). The van der Waals surface area contributed by atoms with Gasteiger partial charge < -0.3 is 10.1 Å². The molecule has 3 fully saturated rings. The minimum Gasteiger partial charge on any atom is -0.373 e. The molecule has 11 heteroatoms. The van der Waals surface area contributed by atoms with Crippen molar-refractivity contribution in [1.29, 1.82) is 5.26 Å². The zero-order chi connectivity index (χ0) is 25.4. The van der Waals surface area contributed by atoms with Crippen molar-refractivity contribution in [2.75, 3.05) is 6.61 Å². The number of hydrogen-bond acceptors (Lipinski definition) is 5. The number of nitriles is 1. The molecule has 1 aromatic carbocycles. The summed E-state index contributed by atoms with van der Waals surface area (Å²) in [5.74, 6) is -3.66. The fraction of sp³-hybridized carbons (Fsp3) is 0.280. The summed E-state index contributed by atoms with van der Waals surface area (Å²) in [7, 11) is 1.49. The van der Waals surface area contributed by atoms with Crippen molar-refractivity contribution < 1.29 is 22.7 Å². The molecule has 0 radical (unpaired) electrons. The highest BCUT2D eigenvalue weighted by Gasteiger charge is 2.60. The highest BCUT2D eigenvalue weighted by atomic mass is 19.2. The molecule has 4 aromatic rings. The second-order valence-corrected chi connectivity index (χ2v) is 9.68. The number of halogens is 3. The molecule has 1 aliphatic carbocycles. The van der Waals surface area contributed by atoms with Crippen molar-refractivity contribution in [2.24, 2.45) is 7.05 Å². The number of rotatable bonds is 4. The molecule has 1 N–H and O–H groups in total. The van der Waals surface area contributed by atoms with Gasteiger partial charge in [0, 0.05) is 43.4 Å². The van der Waals surface area contributed by atoms with Crippen LogP contribution in [0.3, 0.4) is 0 Å². The summed E-state index contributed by atoms with van der Waals surface area (Å²) in [5, 5.41) is 16.5. The molecule has 1 amide bonds. The van der Waals surface area contributed by atoms with Crippen LogP contribution in [0.1, 0.15) is 35.8 Å². The molecular formula is C25H19F3N6O2. The van der Waals surface area contributed by atoms with E-state index >= 15 is 4.39 Å². The Morgan fingerprint density at radius 2 is 2.00 bits per heavy atom. The van der Waals surface area contributed by atoms with Gasteiger partial charge in [-0.1, -0.05) is 6.07 Å². The Labute approximate surface area is 202 Å². The third kappa shape index (κ3) is 3.21. The fourth-order valence-corrected chi connectivity index (χ4v) is 5.45. The number of imidazole rings is 1. The maximum absolute atomic E-state index is 15.2. The Morgan fingerprint density at radius 3 is 2.64 bits per heavy atom. The SMILES string of the molecule is Cn1cc(-c2ccc(F)c(F)c2-c2nc3cc(C(=O)NC45COC(C)(C4)C5)ccn3c2C#N)c(F)n1. The molecule has 2 saturated heterocycles. The van der Waals surface area contributed by atoms with E-state index in [4.69, 9.17) is 4.74 Å². The molecule has 3 aromatic heterocycles. The van der Waals surface area contributed by atoms with Gasteiger partial charge in [0.1, 0.15) is 17.4 Å². The van der Waals surface area contributed by atoms with Crippen molar-refractivity contribution in [1.82, 2.24) is 24.5 Å². The number of amides is 1. The number of nitrogens with zero attached hydrogens (tertiary/aromatic N) is 5. The van der Waals surface area contributed by atoms with Gasteiger partial charge in [-0.05, 0) is 25.1 Å². The van der Waals surface area contributed by atoms with Crippen molar-refractivity contribution in [3.8, 4) is 28.5 Å². The van der Waals surface area contributed by atoms with Crippen LogP contribution in [-0.2, 0) is 11.8 Å². The van der Waals surface area contributed by atoms with Gasteiger partial charge >= 0.3 is 0 Å². The Balaban J connectivity index is 1.45. The van der Waals surface area contributed by atoms with Crippen molar-refractivity contribution >= 4 is 11.6 Å². The second-order valence-electron chi connectivity index (χ2n) is 9.68. The second kappa shape index (κ2) is 7.41. The van der Waals surface area contributed by atoms with Crippen molar-refractivity contribution in [3.63, 3.8) is 0 Å². The standard InChI is InChI=1S/C25H19F3N6O2/c1-24-10-25(11-24,12-36-24)31-23(35)13-5-6-34-17(8-29)21(30-18(34)7-13)19-14(3-4-16(26)20(19)27)15-9-33(2)32-22(15)28/h3-7,9H,10-12H2,1-2H3,(H,31,35). The molecule has 0 spiro atoms. The lowest BCUT2D eigenvalue weighted by atomic mass is 9.69. The van der Waals surface area contributed by atoms with Gasteiger partial charge in [0.25, 0.3) is 5.91 Å². The highest BCUT2D eigenvalue weighted by Crippen LogP contribution is 2.51. The lowest BCUT2D eigenvalue weighted by Gasteiger charge is -2.42. The maximum atomic E-state index is 15.2. The van der Waals surface area contributed by atoms with Crippen LogP contribution in [0.5, 0.6) is 0 Å². The minimum absolute atomic E-state index is 0.00858. The van der Waals surface area contributed by atoms with Crippen molar-refractivity contribution in [2.45, 2.75) is 30.9 Å². The molecule has 2 bridgehead atoms. The maximum Gasteiger partial charge on any atom is 0.251 e. The number of aromatic nitrogens is 4. The zero-order valence-electron chi connectivity index (χ0n) is 19.3. The summed E-state index contributed by atoms with van der Waals surface area (Å²) in [6.45, 7) is 2.44. The lowest BCUT2D eigenvalue weighted by molar-refractivity contribution is 0.0127. The summed E-state index contributed by atoms with van der Waals surface area (Å²) in [5.41, 5.74) is -0.855. The number of fused-ring (bicyclic) bond motifs is 2. The van der Waals surface area contributed by atoms with Gasteiger partial charge in [0.05, 0.1) is 28.9 Å². The van der Waals surface area contributed by atoms with E-state index in [1.807, 2.05) is 13.0 Å². The van der Waals surface area contributed by atoms with E-state index in [0.29, 0.717) is 6.61 Å². The predicted molar refractivity (Wildman–Crippen MR) is 121 cm³/mol. The molecule has 2 aliphatic heterocycles. The Morgan fingerprint density at radius 1 is 1.22 bits per heavy atom. The highest BCUT2D eigenvalue weighted by molar-refractivity contribution is 5.96. The van der Waals surface area contributed by atoms with E-state index in [1.54, 1.807) is 0 Å². The van der Waals surface area contributed by atoms with Gasteiger partial charge in [-0.2, -0.15) is 9.65 Å². The quantitative estimate of drug-likeness (QED) is 0.468. The summed E-state index contributed by atoms with van der Waals surface area (Å²) < 4.78 is 52.3. The van der Waals surface area contributed by atoms with Crippen LogP contribution in [0.4, 0.5) is 13.2 Å². The molecule has 36 heavy (non-hydrogen) atoms. The van der Waals surface area contributed by atoms with Crippen LogP contribution in [-0.4, -0.2) is 42.8 Å². The van der Waals surface area contributed by atoms with Gasteiger partial charge in [0.2, 0.25) is 5.95 Å². The largest absolute Gasteiger partial charge is 0.373 e.